The molecule has 0 spiro atoms. The molecule has 1 aromatic carbocycles. The number of benzene rings is 1. The molecule has 0 fully saturated rings. The lowest BCUT2D eigenvalue weighted by molar-refractivity contribution is -0.117. The minimum absolute atomic E-state index is 0.00633. The number of nitrogens with zero attached hydrogens (tertiary/aromatic N) is 1. The lowest BCUT2D eigenvalue weighted by Gasteiger charge is -2.08. The fraction of sp³-hybridized carbons (Fsp3) is 0.333. The maximum Gasteiger partial charge on any atom is 0.262 e. The van der Waals surface area contributed by atoms with Crippen molar-refractivity contribution in [2.24, 2.45) is 0 Å². The highest BCUT2D eigenvalue weighted by molar-refractivity contribution is 6.01. The van der Waals surface area contributed by atoms with Crippen molar-refractivity contribution in [3.63, 3.8) is 0 Å². The summed E-state index contributed by atoms with van der Waals surface area (Å²) >= 11 is 0. The number of carbonyl (C=O) groups excluding carboxylic acids is 1. The van der Waals surface area contributed by atoms with E-state index in [1.54, 1.807) is 19.1 Å². The Hall–Kier alpha value is -2.48. The predicted molar refractivity (Wildman–Crippen MR) is 76.1 cm³/mol. The van der Waals surface area contributed by atoms with Crippen LogP contribution in [-0.2, 0) is 4.79 Å². The van der Waals surface area contributed by atoms with E-state index < -0.39 is 5.91 Å². The first-order chi connectivity index (χ1) is 9.47. The van der Waals surface area contributed by atoms with E-state index in [9.17, 15) is 9.90 Å². The van der Waals surface area contributed by atoms with E-state index >= 15 is 0 Å². The van der Waals surface area contributed by atoms with E-state index in [-0.39, 0.29) is 17.4 Å². The number of hydrogen-bond donors (Lipinski definition) is 2. The summed E-state index contributed by atoms with van der Waals surface area (Å²) in [5, 5.41) is 21.3. The minimum atomic E-state index is -0.423. The molecule has 0 saturated carbocycles. The van der Waals surface area contributed by atoms with Crippen LogP contribution < -0.4 is 10.1 Å². The molecule has 1 amide bonds. The van der Waals surface area contributed by atoms with Gasteiger partial charge in [-0.05, 0) is 44.5 Å². The van der Waals surface area contributed by atoms with Gasteiger partial charge in [0.15, 0.2) is 11.5 Å². The van der Waals surface area contributed by atoms with Crippen molar-refractivity contribution in [3.05, 3.63) is 29.3 Å². The molecule has 0 aliphatic heterocycles. The number of nitrogens with one attached hydrogen (secondary N) is 1. The third-order valence-corrected chi connectivity index (χ3v) is 2.38. The van der Waals surface area contributed by atoms with Crippen molar-refractivity contribution in [1.29, 1.82) is 5.26 Å². The molecule has 1 rings (SSSR count). The Morgan fingerprint density at radius 3 is 2.80 bits per heavy atom. The number of phenolic OH excluding ortho intramolecular Hbond substituents is 1. The molecule has 0 aromatic heterocycles. The van der Waals surface area contributed by atoms with Crippen LogP contribution in [0, 0.1) is 11.3 Å². The highest BCUT2D eigenvalue weighted by Crippen LogP contribution is 2.27. The first-order valence-electron chi connectivity index (χ1n) is 6.36. The van der Waals surface area contributed by atoms with Crippen molar-refractivity contribution in [2.75, 3.05) is 6.61 Å². The van der Waals surface area contributed by atoms with Crippen molar-refractivity contribution >= 4 is 12.0 Å². The fourth-order valence-electron chi connectivity index (χ4n) is 1.55. The highest BCUT2D eigenvalue weighted by Gasteiger charge is 2.10. The molecule has 0 aliphatic rings. The zero-order chi connectivity index (χ0) is 15.1. The molecule has 0 heterocycles. The number of rotatable bonds is 5. The van der Waals surface area contributed by atoms with Crippen LogP contribution in [0.1, 0.15) is 26.3 Å². The molecule has 2 N–H and O–H groups in total. The Morgan fingerprint density at radius 2 is 2.25 bits per heavy atom. The van der Waals surface area contributed by atoms with Gasteiger partial charge >= 0.3 is 0 Å². The molecular formula is C15H18N2O3. The lowest BCUT2D eigenvalue weighted by atomic mass is 10.1. The lowest BCUT2D eigenvalue weighted by Crippen LogP contribution is -2.30. The second-order valence-corrected chi connectivity index (χ2v) is 4.46. The Morgan fingerprint density at radius 1 is 1.55 bits per heavy atom. The number of amides is 1. The summed E-state index contributed by atoms with van der Waals surface area (Å²) in [5.74, 6) is -0.0783. The van der Waals surface area contributed by atoms with Gasteiger partial charge in [-0.2, -0.15) is 5.26 Å². The van der Waals surface area contributed by atoms with E-state index in [0.717, 1.165) is 0 Å². The van der Waals surface area contributed by atoms with Gasteiger partial charge in [0, 0.05) is 6.04 Å². The average Bonchev–Trinajstić information content (AvgIpc) is 2.38. The quantitative estimate of drug-likeness (QED) is 0.637. The Labute approximate surface area is 118 Å². The van der Waals surface area contributed by atoms with Crippen LogP contribution in [-0.4, -0.2) is 23.7 Å². The summed E-state index contributed by atoms with van der Waals surface area (Å²) in [7, 11) is 0. The summed E-state index contributed by atoms with van der Waals surface area (Å²) in [5.41, 5.74) is 0.619. The summed E-state index contributed by atoms with van der Waals surface area (Å²) in [4.78, 5) is 11.8. The average molecular weight is 274 g/mol. The van der Waals surface area contributed by atoms with Gasteiger partial charge in [0.2, 0.25) is 0 Å². The molecule has 0 atom stereocenters. The normalized spacial score (nSPS) is 11.1. The number of nitriles is 1. The van der Waals surface area contributed by atoms with Crippen molar-refractivity contribution in [3.8, 4) is 17.6 Å². The number of ether oxygens (including phenoxy) is 1. The van der Waals surface area contributed by atoms with Crippen molar-refractivity contribution in [1.82, 2.24) is 5.32 Å². The predicted octanol–water partition coefficient (Wildman–Crippen LogP) is 2.22. The minimum Gasteiger partial charge on any atom is -0.504 e. The van der Waals surface area contributed by atoms with E-state index in [4.69, 9.17) is 10.00 Å². The maximum atomic E-state index is 11.8. The molecule has 5 nitrogen and oxygen atoms in total. The van der Waals surface area contributed by atoms with E-state index in [1.165, 1.54) is 12.1 Å². The van der Waals surface area contributed by atoms with Gasteiger partial charge < -0.3 is 15.2 Å². The first kappa shape index (κ1) is 15.6. The largest absolute Gasteiger partial charge is 0.504 e. The van der Waals surface area contributed by atoms with Crippen LogP contribution in [0.5, 0.6) is 11.5 Å². The van der Waals surface area contributed by atoms with Gasteiger partial charge in [0.05, 0.1) is 6.61 Å². The topological polar surface area (TPSA) is 82.3 Å². The molecule has 0 radical (unpaired) electrons. The third-order valence-electron chi connectivity index (χ3n) is 2.38. The second-order valence-electron chi connectivity index (χ2n) is 4.46. The second kappa shape index (κ2) is 7.19. The Bertz CT molecular complexity index is 557. The molecule has 0 saturated heterocycles. The maximum absolute atomic E-state index is 11.8. The van der Waals surface area contributed by atoms with E-state index in [0.29, 0.717) is 17.9 Å². The van der Waals surface area contributed by atoms with Crippen LogP contribution in [0.3, 0.4) is 0 Å². The number of phenols is 1. The molecule has 1 aromatic rings. The third kappa shape index (κ3) is 4.32. The summed E-state index contributed by atoms with van der Waals surface area (Å²) in [6.07, 6.45) is 1.46. The monoisotopic (exact) mass is 274 g/mol. The SMILES string of the molecule is CCOc1cc(/C=C(\C#N)C(=O)NC(C)C)ccc1O. The number of hydrogen-bond acceptors (Lipinski definition) is 4. The van der Waals surface area contributed by atoms with Gasteiger partial charge in [-0.3, -0.25) is 4.79 Å². The van der Waals surface area contributed by atoms with E-state index in [1.807, 2.05) is 19.9 Å². The Balaban J connectivity index is 3.04. The zero-order valence-corrected chi connectivity index (χ0v) is 11.8. The van der Waals surface area contributed by atoms with Crippen LogP contribution in [0.4, 0.5) is 0 Å². The van der Waals surface area contributed by atoms with Gasteiger partial charge in [0.25, 0.3) is 5.91 Å². The number of carbonyl (C=O) groups is 1. The smallest absolute Gasteiger partial charge is 0.262 e. The van der Waals surface area contributed by atoms with Crippen LogP contribution >= 0.6 is 0 Å². The summed E-state index contributed by atoms with van der Waals surface area (Å²) in [6.45, 7) is 5.86. The van der Waals surface area contributed by atoms with Gasteiger partial charge in [-0.25, -0.2) is 0 Å². The first-order valence-corrected chi connectivity index (χ1v) is 6.36. The summed E-state index contributed by atoms with van der Waals surface area (Å²) in [6, 6.07) is 6.48. The fourth-order valence-corrected chi connectivity index (χ4v) is 1.55. The van der Waals surface area contributed by atoms with Crippen LogP contribution in [0.15, 0.2) is 23.8 Å². The van der Waals surface area contributed by atoms with Gasteiger partial charge in [0.1, 0.15) is 11.6 Å². The van der Waals surface area contributed by atoms with Crippen molar-refractivity contribution in [2.45, 2.75) is 26.8 Å². The van der Waals surface area contributed by atoms with E-state index in [2.05, 4.69) is 5.32 Å². The molecule has 20 heavy (non-hydrogen) atoms. The molecule has 0 unspecified atom stereocenters. The Kier molecular flexibility index (Phi) is 5.60. The standard InChI is InChI=1S/C15H18N2O3/c1-4-20-14-8-11(5-6-13(14)18)7-12(9-16)15(19)17-10(2)3/h5-8,10,18H,4H2,1-3H3,(H,17,19)/b12-7+. The molecular weight excluding hydrogens is 256 g/mol. The van der Waals surface area contributed by atoms with Crippen LogP contribution in [0.2, 0.25) is 0 Å². The molecule has 5 heteroatoms. The van der Waals surface area contributed by atoms with Gasteiger partial charge in [-0.15, -0.1) is 0 Å². The zero-order valence-electron chi connectivity index (χ0n) is 11.8. The van der Waals surface area contributed by atoms with Gasteiger partial charge in [-0.1, -0.05) is 6.07 Å². The molecule has 106 valence electrons. The molecule has 0 bridgehead atoms. The summed E-state index contributed by atoms with van der Waals surface area (Å²) < 4.78 is 5.25. The molecule has 0 aliphatic carbocycles. The van der Waals surface area contributed by atoms with Crippen LogP contribution in [0.25, 0.3) is 6.08 Å². The highest BCUT2D eigenvalue weighted by atomic mass is 16.5. The van der Waals surface area contributed by atoms with Crippen molar-refractivity contribution < 1.29 is 14.6 Å². The number of aromatic hydroxyl groups is 1.